The fourth-order valence-corrected chi connectivity index (χ4v) is 5.22. The van der Waals surface area contributed by atoms with Crippen molar-refractivity contribution in [2.45, 2.75) is 25.9 Å². The van der Waals surface area contributed by atoms with Crippen molar-refractivity contribution in [3.05, 3.63) is 112 Å². The molecule has 1 fully saturated rings. The monoisotopic (exact) mass is 502 g/mol. The largest absolute Gasteiger partial charge is 0.351 e. The fourth-order valence-electron chi connectivity index (χ4n) is 4.61. The normalized spacial score (nSPS) is 18.1. The number of nitrogens with one attached hydrogen (secondary N) is 1. The number of nitrogens with zero attached hydrogens (tertiary/aromatic N) is 3. The third-order valence-corrected chi connectivity index (χ3v) is 6.85. The van der Waals surface area contributed by atoms with Gasteiger partial charge in [-0.3, -0.25) is 4.98 Å². The molecule has 4 nitrogen and oxygen atoms in total. The van der Waals surface area contributed by atoms with Crippen molar-refractivity contribution >= 4 is 38.9 Å². The molecule has 0 radical (unpaired) electrons. The highest BCUT2D eigenvalue weighted by Gasteiger charge is 2.42. The van der Waals surface area contributed by atoms with Gasteiger partial charge in [0.05, 0.1) is 17.8 Å². The summed E-state index contributed by atoms with van der Waals surface area (Å²) in [5.74, 6) is 0. The predicted octanol–water partition coefficient (Wildman–Crippen LogP) is 6.43. The summed E-state index contributed by atoms with van der Waals surface area (Å²) in [6, 6.07) is 27.0. The second-order valence-electron chi connectivity index (χ2n) is 7.97. The Kier molecular flexibility index (Phi) is 5.57. The zero-order valence-electron chi connectivity index (χ0n) is 17.9. The Hall–Kier alpha value is -2.96. The van der Waals surface area contributed by atoms with Gasteiger partial charge < -0.3 is 14.8 Å². The lowest BCUT2D eigenvalue weighted by atomic mass is 9.96. The van der Waals surface area contributed by atoms with Gasteiger partial charge in [0.1, 0.15) is 0 Å². The van der Waals surface area contributed by atoms with Crippen LogP contribution in [0.4, 0.5) is 5.69 Å². The van der Waals surface area contributed by atoms with Gasteiger partial charge in [0, 0.05) is 33.4 Å². The summed E-state index contributed by atoms with van der Waals surface area (Å²) >= 11 is 9.39. The van der Waals surface area contributed by atoms with Gasteiger partial charge in [-0.1, -0.05) is 40.2 Å². The number of aryl methyl sites for hydroxylation is 1. The van der Waals surface area contributed by atoms with Crippen LogP contribution < -0.4 is 10.2 Å². The first-order valence-electron chi connectivity index (χ1n) is 10.5. The van der Waals surface area contributed by atoms with E-state index in [1.807, 2.05) is 36.5 Å². The molecule has 0 amide bonds. The molecule has 1 aliphatic heterocycles. The summed E-state index contributed by atoms with van der Waals surface area (Å²) in [6.07, 6.45) is 1.84. The van der Waals surface area contributed by atoms with Crippen LogP contribution in [0, 0.1) is 13.8 Å². The van der Waals surface area contributed by atoms with Crippen molar-refractivity contribution in [2.24, 2.45) is 0 Å². The minimum absolute atomic E-state index is 0.0183. The Morgan fingerprint density at radius 2 is 1.62 bits per heavy atom. The molecule has 2 aromatic carbocycles. The Morgan fingerprint density at radius 1 is 0.906 bits per heavy atom. The topological polar surface area (TPSA) is 33.1 Å². The van der Waals surface area contributed by atoms with Crippen LogP contribution in [0.15, 0.2) is 89.5 Å². The molecule has 0 aliphatic carbocycles. The number of benzene rings is 2. The van der Waals surface area contributed by atoms with E-state index in [0.29, 0.717) is 5.11 Å². The van der Waals surface area contributed by atoms with Crippen LogP contribution in [0.2, 0.25) is 0 Å². The van der Waals surface area contributed by atoms with Gasteiger partial charge in [-0.15, -0.1) is 0 Å². The lowest BCUT2D eigenvalue weighted by Gasteiger charge is -2.28. The standard InChI is InChI=1S/C26H23BrN4S/c1-17-16-22(18(2)30(17)21-13-11-19(27)12-14-21)25-24(23-10-6-7-15-28-23)29-26(32)31(25)20-8-4-3-5-9-20/h3-16,24-25H,1-2H3,(H,29,32)/t24-,25-/m1/s1. The van der Waals surface area contributed by atoms with Crippen LogP contribution in [-0.2, 0) is 0 Å². The molecule has 0 unspecified atom stereocenters. The van der Waals surface area contributed by atoms with Gasteiger partial charge in [0.15, 0.2) is 5.11 Å². The summed E-state index contributed by atoms with van der Waals surface area (Å²) < 4.78 is 3.38. The molecule has 3 heterocycles. The molecule has 6 heteroatoms. The second-order valence-corrected chi connectivity index (χ2v) is 9.27. The predicted molar refractivity (Wildman–Crippen MR) is 137 cm³/mol. The molecule has 5 rings (SSSR count). The SMILES string of the molecule is Cc1cc([C@@H]2[C@@H](c3ccccn3)NC(=S)N2c2ccccc2)c(C)n1-c1ccc(Br)cc1. The summed E-state index contributed by atoms with van der Waals surface area (Å²) in [6.45, 7) is 4.34. The molecule has 32 heavy (non-hydrogen) atoms. The van der Waals surface area contributed by atoms with Crippen LogP contribution >= 0.6 is 28.1 Å². The zero-order chi connectivity index (χ0) is 22.2. The lowest BCUT2D eigenvalue weighted by molar-refractivity contribution is 0.565. The summed E-state index contributed by atoms with van der Waals surface area (Å²) in [5, 5.41) is 4.26. The molecular weight excluding hydrogens is 480 g/mol. The molecule has 0 spiro atoms. The minimum atomic E-state index is -0.0530. The maximum atomic E-state index is 5.84. The van der Waals surface area contributed by atoms with Crippen LogP contribution in [-0.4, -0.2) is 14.7 Å². The Balaban J connectivity index is 1.67. The average Bonchev–Trinajstić information content (AvgIpc) is 3.31. The van der Waals surface area contributed by atoms with E-state index in [0.717, 1.165) is 21.5 Å². The van der Waals surface area contributed by atoms with E-state index in [1.54, 1.807) is 0 Å². The van der Waals surface area contributed by atoms with E-state index >= 15 is 0 Å². The smallest absolute Gasteiger partial charge is 0.174 e. The number of aromatic nitrogens is 2. The number of pyridine rings is 1. The molecule has 1 N–H and O–H groups in total. The summed E-state index contributed by atoms with van der Waals surface area (Å²) in [4.78, 5) is 6.89. The molecule has 2 aromatic heterocycles. The minimum Gasteiger partial charge on any atom is -0.351 e. The zero-order valence-corrected chi connectivity index (χ0v) is 20.3. The number of thiocarbonyl (C=S) groups is 1. The Labute approximate surface area is 202 Å². The van der Waals surface area contributed by atoms with Crippen LogP contribution in [0.25, 0.3) is 5.69 Å². The van der Waals surface area contributed by atoms with E-state index < -0.39 is 0 Å². The molecule has 1 aliphatic rings. The quantitative estimate of drug-likeness (QED) is 0.326. The van der Waals surface area contributed by atoms with E-state index in [4.69, 9.17) is 12.2 Å². The van der Waals surface area contributed by atoms with Crippen molar-refractivity contribution in [1.82, 2.24) is 14.9 Å². The van der Waals surface area contributed by atoms with Crippen molar-refractivity contribution in [3.63, 3.8) is 0 Å². The Bertz CT molecular complexity index is 1250. The van der Waals surface area contributed by atoms with Gasteiger partial charge in [-0.05, 0) is 86.2 Å². The van der Waals surface area contributed by atoms with Crippen molar-refractivity contribution in [2.75, 3.05) is 4.90 Å². The number of rotatable bonds is 4. The van der Waals surface area contributed by atoms with Crippen LogP contribution in [0.3, 0.4) is 0 Å². The molecule has 1 saturated heterocycles. The number of hydrogen-bond donors (Lipinski definition) is 1. The van der Waals surface area contributed by atoms with Gasteiger partial charge in [-0.2, -0.15) is 0 Å². The summed E-state index contributed by atoms with van der Waals surface area (Å²) in [5.41, 5.74) is 6.81. The lowest BCUT2D eigenvalue weighted by Crippen LogP contribution is -2.29. The van der Waals surface area contributed by atoms with E-state index in [9.17, 15) is 0 Å². The number of halogens is 1. The highest BCUT2D eigenvalue weighted by Crippen LogP contribution is 2.43. The second kappa shape index (κ2) is 8.52. The first-order valence-corrected chi connectivity index (χ1v) is 11.7. The van der Waals surface area contributed by atoms with Gasteiger partial charge in [-0.25, -0.2) is 0 Å². The third-order valence-electron chi connectivity index (χ3n) is 6.01. The van der Waals surface area contributed by atoms with E-state index in [-0.39, 0.29) is 12.1 Å². The first kappa shape index (κ1) is 20.9. The maximum Gasteiger partial charge on any atom is 0.174 e. The van der Waals surface area contributed by atoms with E-state index in [2.05, 4.69) is 98.1 Å². The van der Waals surface area contributed by atoms with Crippen LogP contribution in [0.1, 0.15) is 34.7 Å². The maximum absolute atomic E-state index is 5.84. The van der Waals surface area contributed by atoms with Crippen LogP contribution in [0.5, 0.6) is 0 Å². The molecule has 160 valence electrons. The number of anilines is 1. The van der Waals surface area contributed by atoms with Gasteiger partial charge in [0.2, 0.25) is 0 Å². The highest BCUT2D eigenvalue weighted by atomic mass is 79.9. The van der Waals surface area contributed by atoms with Gasteiger partial charge >= 0.3 is 0 Å². The van der Waals surface area contributed by atoms with Crippen molar-refractivity contribution in [3.8, 4) is 5.69 Å². The molecule has 4 aromatic rings. The third kappa shape index (κ3) is 3.63. The molecule has 0 bridgehead atoms. The summed E-state index contributed by atoms with van der Waals surface area (Å²) in [7, 11) is 0. The highest BCUT2D eigenvalue weighted by molar-refractivity contribution is 9.10. The molecule has 2 atom stereocenters. The Morgan fingerprint density at radius 3 is 2.31 bits per heavy atom. The number of para-hydroxylation sites is 1. The van der Waals surface area contributed by atoms with Crippen molar-refractivity contribution < 1.29 is 0 Å². The van der Waals surface area contributed by atoms with Gasteiger partial charge in [0.25, 0.3) is 0 Å². The average molecular weight is 503 g/mol. The molecular formula is C26H23BrN4S. The molecule has 0 saturated carbocycles. The van der Waals surface area contributed by atoms with Crippen molar-refractivity contribution in [1.29, 1.82) is 0 Å². The number of hydrogen-bond acceptors (Lipinski definition) is 2. The van der Waals surface area contributed by atoms with E-state index in [1.165, 1.54) is 17.0 Å². The first-order chi connectivity index (χ1) is 15.5. The fraction of sp³-hybridized carbons (Fsp3) is 0.154.